The van der Waals surface area contributed by atoms with Gasteiger partial charge in [0.1, 0.15) is 11.4 Å². The third-order valence-corrected chi connectivity index (χ3v) is 4.79. The minimum absolute atomic E-state index is 0.0419. The van der Waals surface area contributed by atoms with Crippen LogP contribution in [0.25, 0.3) is 0 Å². The fourth-order valence-electron chi connectivity index (χ4n) is 3.34. The van der Waals surface area contributed by atoms with E-state index in [-0.39, 0.29) is 5.91 Å². The quantitative estimate of drug-likeness (QED) is 0.859. The molecule has 0 atom stereocenters. The number of pyridine rings is 1. The molecule has 2 heterocycles. The number of hydrogen-bond acceptors (Lipinski definition) is 4. The molecule has 5 heteroatoms. The van der Waals surface area contributed by atoms with Crippen molar-refractivity contribution >= 4 is 11.6 Å². The van der Waals surface area contributed by atoms with Crippen LogP contribution in [0, 0.1) is 0 Å². The molecule has 0 unspecified atom stereocenters. The fourth-order valence-corrected chi connectivity index (χ4v) is 3.34. The first-order chi connectivity index (χ1) is 12.8. The maximum Gasteiger partial charge on any atom is 0.272 e. The minimum Gasteiger partial charge on any atom is -0.496 e. The van der Waals surface area contributed by atoms with E-state index >= 15 is 0 Å². The van der Waals surface area contributed by atoms with Crippen LogP contribution in [0.4, 0.5) is 5.69 Å². The van der Waals surface area contributed by atoms with E-state index in [1.165, 1.54) is 12.8 Å². The maximum atomic E-state index is 12.7. The molecule has 1 amide bonds. The van der Waals surface area contributed by atoms with E-state index in [2.05, 4.69) is 16.4 Å². The van der Waals surface area contributed by atoms with E-state index in [4.69, 9.17) is 4.74 Å². The van der Waals surface area contributed by atoms with Gasteiger partial charge in [-0.25, -0.2) is 0 Å². The number of rotatable bonds is 6. The second-order valence-corrected chi connectivity index (χ2v) is 6.62. The molecule has 0 saturated carbocycles. The predicted molar refractivity (Wildman–Crippen MR) is 104 cm³/mol. The molecule has 0 radical (unpaired) electrons. The van der Waals surface area contributed by atoms with Crippen molar-refractivity contribution < 1.29 is 9.53 Å². The fraction of sp³-hybridized carbons (Fsp3) is 0.429. The molecule has 26 heavy (non-hydrogen) atoms. The zero-order valence-corrected chi connectivity index (χ0v) is 15.4. The summed E-state index contributed by atoms with van der Waals surface area (Å²) in [7, 11) is 1.69. The summed E-state index contributed by atoms with van der Waals surface area (Å²) in [6.07, 6.45) is 7.15. The largest absolute Gasteiger partial charge is 0.496 e. The van der Waals surface area contributed by atoms with Gasteiger partial charge < -0.3 is 15.0 Å². The van der Waals surface area contributed by atoms with Gasteiger partial charge in [-0.15, -0.1) is 0 Å². The molecule has 0 spiro atoms. The first-order valence-corrected chi connectivity index (χ1v) is 9.39. The molecule has 2 aromatic rings. The number of likely N-dealkylation sites (tertiary alicyclic amines) is 1. The molecule has 1 aromatic carbocycles. The molecule has 1 N–H and O–H groups in total. The summed E-state index contributed by atoms with van der Waals surface area (Å²) in [5.74, 6) is 0.946. The number of carbonyl (C=O) groups excluding carboxylic acids is 1. The number of methoxy groups -OCH3 is 1. The zero-order valence-electron chi connectivity index (χ0n) is 15.4. The van der Waals surface area contributed by atoms with Crippen molar-refractivity contribution in [3.63, 3.8) is 0 Å². The molecule has 1 saturated heterocycles. The van der Waals surface area contributed by atoms with E-state index in [9.17, 15) is 4.79 Å². The first kappa shape index (κ1) is 18.2. The number of para-hydroxylation sites is 1. The average molecular weight is 353 g/mol. The summed E-state index contributed by atoms with van der Waals surface area (Å²) in [4.78, 5) is 18.9. The van der Waals surface area contributed by atoms with Gasteiger partial charge in [-0.2, -0.15) is 0 Å². The van der Waals surface area contributed by atoms with Crippen molar-refractivity contribution in [2.75, 3.05) is 32.1 Å². The molecule has 0 aliphatic carbocycles. The van der Waals surface area contributed by atoms with Crippen molar-refractivity contribution in [2.24, 2.45) is 0 Å². The number of aromatic nitrogens is 1. The Bertz CT molecular complexity index is 725. The Morgan fingerprint density at radius 3 is 2.69 bits per heavy atom. The summed E-state index contributed by atoms with van der Waals surface area (Å²) in [5.41, 5.74) is 2.61. The van der Waals surface area contributed by atoms with Crippen LogP contribution in [0.5, 0.6) is 5.75 Å². The van der Waals surface area contributed by atoms with Gasteiger partial charge in [0.15, 0.2) is 0 Å². The van der Waals surface area contributed by atoms with Gasteiger partial charge in [-0.1, -0.05) is 31.0 Å². The Hall–Kier alpha value is -2.56. The van der Waals surface area contributed by atoms with E-state index in [0.29, 0.717) is 5.69 Å². The molecule has 1 aromatic heterocycles. The summed E-state index contributed by atoms with van der Waals surface area (Å²) in [5, 5.41) is 3.39. The molecule has 1 aliphatic heterocycles. The molecule has 1 fully saturated rings. The molecule has 0 bridgehead atoms. The number of hydrogen-bond donors (Lipinski definition) is 1. The predicted octanol–water partition coefficient (Wildman–Crippen LogP) is 3.76. The van der Waals surface area contributed by atoms with E-state index < -0.39 is 0 Å². The third-order valence-electron chi connectivity index (χ3n) is 4.79. The Kier molecular flexibility index (Phi) is 6.47. The number of ether oxygens (including phenoxy) is 1. The topological polar surface area (TPSA) is 54.5 Å². The van der Waals surface area contributed by atoms with Gasteiger partial charge in [0, 0.05) is 31.5 Å². The van der Waals surface area contributed by atoms with E-state index in [0.717, 1.165) is 55.9 Å². The van der Waals surface area contributed by atoms with Crippen molar-refractivity contribution in [1.29, 1.82) is 0 Å². The normalized spacial score (nSPS) is 14.6. The number of nitrogens with zero attached hydrogens (tertiary/aromatic N) is 2. The smallest absolute Gasteiger partial charge is 0.272 e. The molecular weight excluding hydrogens is 326 g/mol. The van der Waals surface area contributed by atoms with Crippen LogP contribution in [-0.4, -0.2) is 42.5 Å². The molecule has 3 rings (SSSR count). The van der Waals surface area contributed by atoms with Crippen LogP contribution in [0.3, 0.4) is 0 Å². The highest BCUT2D eigenvalue weighted by atomic mass is 16.5. The Labute approximate surface area is 155 Å². The third kappa shape index (κ3) is 4.75. The Morgan fingerprint density at radius 1 is 1.15 bits per heavy atom. The van der Waals surface area contributed by atoms with Gasteiger partial charge in [-0.05, 0) is 43.0 Å². The van der Waals surface area contributed by atoms with Gasteiger partial charge in [0.2, 0.25) is 0 Å². The van der Waals surface area contributed by atoms with Crippen LogP contribution in [0.2, 0.25) is 0 Å². The van der Waals surface area contributed by atoms with Gasteiger partial charge in [0.25, 0.3) is 5.91 Å². The first-order valence-electron chi connectivity index (χ1n) is 9.39. The van der Waals surface area contributed by atoms with Crippen LogP contribution >= 0.6 is 0 Å². The monoisotopic (exact) mass is 353 g/mol. The van der Waals surface area contributed by atoms with Crippen molar-refractivity contribution in [2.45, 2.75) is 32.1 Å². The lowest BCUT2D eigenvalue weighted by Gasteiger charge is -2.20. The highest BCUT2D eigenvalue weighted by molar-refractivity contribution is 5.93. The molecular formula is C21H27N3O2. The van der Waals surface area contributed by atoms with Crippen LogP contribution < -0.4 is 10.1 Å². The lowest BCUT2D eigenvalue weighted by Crippen LogP contribution is -2.32. The standard InChI is InChI=1S/C21H27N3O2/c1-26-20-9-5-4-8-17(20)10-12-22-18-11-13-23-19(16-18)21(25)24-14-6-2-3-7-15-24/h4-5,8-9,11,13,16H,2-3,6-7,10,12,14-15H2,1H3,(H,22,23). The average Bonchev–Trinajstić information content (AvgIpc) is 2.97. The summed E-state index contributed by atoms with van der Waals surface area (Å²) in [6.45, 7) is 2.44. The highest BCUT2D eigenvalue weighted by Crippen LogP contribution is 2.18. The number of carbonyl (C=O) groups is 1. The number of nitrogens with one attached hydrogen (secondary N) is 1. The summed E-state index contributed by atoms with van der Waals surface area (Å²) in [6, 6.07) is 11.8. The summed E-state index contributed by atoms with van der Waals surface area (Å²) < 4.78 is 5.39. The van der Waals surface area contributed by atoms with Gasteiger partial charge in [0.05, 0.1) is 7.11 Å². The van der Waals surface area contributed by atoms with E-state index in [1.807, 2.05) is 35.2 Å². The highest BCUT2D eigenvalue weighted by Gasteiger charge is 2.18. The lowest BCUT2D eigenvalue weighted by molar-refractivity contribution is 0.0756. The second kappa shape index (κ2) is 9.22. The number of anilines is 1. The number of benzene rings is 1. The number of amides is 1. The molecule has 1 aliphatic rings. The Balaban J connectivity index is 1.59. The van der Waals surface area contributed by atoms with E-state index in [1.54, 1.807) is 13.3 Å². The van der Waals surface area contributed by atoms with Crippen LogP contribution in [0.15, 0.2) is 42.6 Å². The SMILES string of the molecule is COc1ccccc1CCNc1ccnc(C(=O)N2CCCCCC2)c1. The minimum atomic E-state index is 0.0419. The molecule has 5 nitrogen and oxygen atoms in total. The Morgan fingerprint density at radius 2 is 1.92 bits per heavy atom. The summed E-state index contributed by atoms with van der Waals surface area (Å²) >= 11 is 0. The molecule has 138 valence electrons. The van der Waals surface area contributed by atoms with Crippen molar-refractivity contribution in [1.82, 2.24) is 9.88 Å². The second-order valence-electron chi connectivity index (χ2n) is 6.62. The van der Waals surface area contributed by atoms with Gasteiger partial charge in [-0.3, -0.25) is 9.78 Å². The van der Waals surface area contributed by atoms with Crippen molar-refractivity contribution in [3.05, 3.63) is 53.9 Å². The zero-order chi connectivity index (χ0) is 18.2. The van der Waals surface area contributed by atoms with Crippen LogP contribution in [0.1, 0.15) is 41.7 Å². The lowest BCUT2D eigenvalue weighted by atomic mass is 10.1. The maximum absolute atomic E-state index is 12.7. The van der Waals surface area contributed by atoms with Crippen molar-refractivity contribution in [3.8, 4) is 5.75 Å². The van der Waals surface area contributed by atoms with Gasteiger partial charge >= 0.3 is 0 Å². The van der Waals surface area contributed by atoms with Crippen LogP contribution in [-0.2, 0) is 6.42 Å².